The number of H-pyrrole nitrogens is 1. The smallest absolute Gasteiger partial charge is 0.320 e. The Kier molecular flexibility index (Phi) is 6.21. The van der Waals surface area contributed by atoms with Gasteiger partial charge in [-0.1, -0.05) is 31.5 Å². The number of hydroxylamine groups is 2. The average molecular weight is 406 g/mol. The number of fused-ring (bicyclic) bond motifs is 1. The summed E-state index contributed by atoms with van der Waals surface area (Å²) >= 11 is 5.97. The number of halogens is 1. The molecule has 1 aliphatic rings. The number of carbonyl (C=O) groups is 2. The molecule has 0 unspecified atom stereocenters. The third-order valence-electron chi connectivity index (χ3n) is 4.39. The van der Waals surface area contributed by atoms with Gasteiger partial charge in [-0.05, 0) is 24.1 Å². The van der Waals surface area contributed by atoms with Crippen LogP contribution in [-0.2, 0) is 17.8 Å². The fourth-order valence-corrected chi connectivity index (χ4v) is 3.07. The molecule has 0 aliphatic carbocycles. The van der Waals surface area contributed by atoms with E-state index in [-0.39, 0.29) is 24.2 Å². The van der Waals surface area contributed by atoms with Gasteiger partial charge >= 0.3 is 6.03 Å². The molecule has 0 saturated heterocycles. The molecule has 0 radical (unpaired) electrons. The summed E-state index contributed by atoms with van der Waals surface area (Å²) in [6.45, 7) is 5.26. The summed E-state index contributed by atoms with van der Waals surface area (Å²) in [6, 6.07) is 6.71. The van der Waals surface area contributed by atoms with Gasteiger partial charge in [0, 0.05) is 42.0 Å². The molecule has 2 heterocycles. The Morgan fingerprint density at radius 3 is 2.93 bits per heavy atom. The fraction of sp³-hybridized carbons (Fsp3) is 0.421. The number of anilines is 1. The first-order valence-electron chi connectivity index (χ1n) is 9.13. The number of benzene rings is 1. The zero-order chi connectivity index (χ0) is 20.3. The number of nitrogens with zero attached hydrogens (tertiary/aromatic N) is 3. The van der Waals surface area contributed by atoms with E-state index < -0.39 is 0 Å². The highest BCUT2D eigenvalue weighted by atomic mass is 35.5. The Morgan fingerprint density at radius 1 is 1.43 bits per heavy atom. The third-order valence-corrected chi connectivity index (χ3v) is 4.62. The zero-order valence-corrected chi connectivity index (χ0v) is 16.9. The number of urea groups is 1. The van der Waals surface area contributed by atoms with E-state index in [1.54, 1.807) is 36.2 Å². The summed E-state index contributed by atoms with van der Waals surface area (Å²) in [5.41, 5.74) is 2.49. The predicted octanol–water partition coefficient (Wildman–Crippen LogP) is 3.31. The van der Waals surface area contributed by atoms with Gasteiger partial charge in [-0.25, -0.2) is 9.86 Å². The number of hydrogen-bond donors (Lipinski definition) is 2. The molecule has 2 aromatic rings. The van der Waals surface area contributed by atoms with E-state index in [0.717, 1.165) is 11.3 Å². The fourth-order valence-electron chi connectivity index (χ4n) is 2.88. The summed E-state index contributed by atoms with van der Waals surface area (Å²) in [6.07, 6.45) is 0.592. The number of nitrogens with one attached hydrogen (secondary N) is 2. The number of amides is 3. The molecular formula is C19H24ClN5O3. The van der Waals surface area contributed by atoms with Crippen molar-refractivity contribution in [2.24, 2.45) is 5.92 Å². The lowest BCUT2D eigenvalue weighted by Crippen LogP contribution is -2.39. The monoisotopic (exact) mass is 405 g/mol. The van der Waals surface area contributed by atoms with Crippen molar-refractivity contribution in [2.75, 3.05) is 25.5 Å². The number of aromatic amines is 1. The average Bonchev–Trinajstić information content (AvgIpc) is 3.08. The highest BCUT2D eigenvalue weighted by molar-refractivity contribution is 6.30. The van der Waals surface area contributed by atoms with Crippen LogP contribution in [0.25, 0.3) is 0 Å². The molecule has 1 aromatic heterocycles. The van der Waals surface area contributed by atoms with Gasteiger partial charge < -0.3 is 10.2 Å². The van der Waals surface area contributed by atoms with Crippen LogP contribution in [0.4, 0.5) is 10.5 Å². The minimum Gasteiger partial charge on any atom is -0.320 e. The van der Waals surface area contributed by atoms with E-state index in [1.165, 1.54) is 5.06 Å². The van der Waals surface area contributed by atoms with Crippen LogP contribution < -0.4 is 5.32 Å². The molecule has 9 heteroatoms. The van der Waals surface area contributed by atoms with Crippen LogP contribution in [-0.4, -0.2) is 52.3 Å². The van der Waals surface area contributed by atoms with Crippen LogP contribution in [0.5, 0.6) is 0 Å². The van der Waals surface area contributed by atoms with Gasteiger partial charge in [0.05, 0.1) is 13.2 Å². The quantitative estimate of drug-likeness (QED) is 0.746. The normalized spacial score (nSPS) is 13.4. The van der Waals surface area contributed by atoms with Crippen molar-refractivity contribution in [3.05, 3.63) is 46.2 Å². The first-order valence-corrected chi connectivity index (χ1v) is 9.51. The molecule has 2 N–H and O–H groups in total. The number of carbonyl (C=O) groups excluding carboxylic acids is 2. The van der Waals surface area contributed by atoms with Crippen molar-refractivity contribution in [2.45, 2.75) is 26.8 Å². The van der Waals surface area contributed by atoms with Crippen LogP contribution in [0.15, 0.2) is 24.3 Å². The van der Waals surface area contributed by atoms with Gasteiger partial charge in [0.25, 0.3) is 5.91 Å². The van der Waals surface area contributed by atoms with Crippen molar-refractivity contribution >= 4 is 29.2 Å². The zero-order valence-electron chi connectivity index (χ0n) is 16.2. The Balaban J connectivity index is 1.69. The van der Waals surface area contributed by atoms with E-state index in [2.05, 4.69) is 15.5 Å². The molecule has 1 aliphatic heterocycles. The Bertz CT molecular complexity index is 867. The first kappa shape index (κ1) is 20.2. The molecule has 0 spiro atoms. The largest absolute Gasteiger partial charge is 0.322 e. The minimum atomic E-state index is -0.338. The summed E-state index contributed by atoms with van der Waals surface area (Å²) < 4.78 is 0. The summed E-state index contributed by atoms with van der Waals surface area (Å²) in [7, 11) is 1.57. The van der Waals surface area contributed by atoms with Crippen LogP contribution in [0, 0.1) is 5.92 Å². The molecule has 8 nitrogen and oxygen atoms in total. The summed E-state index contributed by atoms with van der Waals surface area (Å²) in [5, 5.41) is 11.7. The van der Waals surface area contributed by atoms with Crippen molar-refractivity contribution in [1.29, 1.82) is 0 Å². The maximum Gasteiger partial charge on any atom is 0.322 e. The second-order valence-electron chi connectivity index (χ2n) is 7.13. The van der Waals surface area contributed by atoms with Crippen molar-refractivity contribution < 1.29 is 14.4 Å². The van der Waals surface area contributed by atoms with E-state index in [0.29, 0.717) is 36.2 Å². The van der Waals surface area contributed by atoms with Gasteiger partial charge in [0.2, 0.25) is 0 Å². The Labute approximate surface area is 168 Å². The van der Waals surface area contributed by atoms with Crippen LogP contribution in [0.2, 0.25) is 5.02 Å². The lowest BCUT2D eigenvalue weighted by atomic mass is 10.1. The molecule has 0 bridgehead atoms. The second-order valence-corrected chi connectivity index (χ2v) is 7.57. The van der Waals surface area contributed by atoms with Gasteiger partial charge in [0.15, 0.2) is 5.69 Å². The van der Waals surface area contributed by atoms with Crippen LogP contribution in [0.3, 0.4) is 0 Å². The van der Waals surface area contributed by atoms with E-state index in [4.69, 9.17) is 16.4 Å². The number of aromatic nitrogens is 2. The van der Waals surface area contributed by atoms with Crippen molar-refractivity contribution in [3.8, 4) is 0 Å². The van der Waals surface area contributed by atoms with Gasteiger partial charge in [-0.15, -0.1) is 0 Å². The molecule has 0 saturated carbocycles. The van der Waals surface area contributed by atoms with Gasteiger partial charge in [0.1, 0.15) is 0 Å². The van der Waals surface area contributed by atoms with Crippen LogP contribution in [0.1, 0.15) is 35.6 Å². The lowest BCUT2D eigenvalue weighted by Gasteiger charge is -2.27. The summed E-state index contributed by atoms with van der Waals surface area (Å²) in [4.78, 5) is 32.4. The topological polar surface area (TPSA) is 90.6 Å². The maximum atomic E-state index is 12.7. The standard InChI is InChI=1S/C19H24ClN5O3/c1-12(2)11-28-24(3)18(26)17-15-10-25(8-7-16(15)22-23-17)19(27)21-14-6-4-5-13(20)9-14/h4-6,9,12H,7-8,10-11H2,1-3H3,(H,21,27)(H,22,23). The van der Waals surface area contributed by atoms with E-state index >= 15 is 0 Å². The van der Waals surface area contributed by atoms with Gasteiger partial charge in [-0.2, -0.15) is 5.10 Å². The van der Waals surface area contributed by atoms with Crippen molar-refractivity contribution in [1.82, 2.24) is 20.2 Å². The molecule has 0 fully saturated rings. The molecule has 3 rings (SSSR count). The molecular weight excluding hydrogens is 382 g/mol. The first-order chi connectivity index (χ1) is 13.3. The molecule has 150 valence electrons. The third kappa shape index (κ3) is 4.63. The Morgan fingerprint density at radius 2 is 2.21 bits per heavy atom. The molecule has 28 heavy (non-hydrogen) atoms. The van der Waals surface area contributed by atoms with Crippen LogP contribution >= 0.6 is 11.6 Å². The van der Waals surface area contributed by atoms with E-state index in [9.17, 15) is 9.59 Å². The number of rotatable bonds is 5. The Hall–Kier alpha value is -2.58. The maximum absolute atomic E-state index is 12.7. The minimum absolute atomic E-state index is 0.253. The molecule has 0 atom stereocenters. The van der Waals surface area contributed by atoms with E-state index in [1.807, 2.05) is 13.8 Å². The molecule has 1 aromatic carbocycles. The lowest BCUT2D eigenvalue weighted by molar-refractivity contribution is -0.115. The van der Waals surface area contributed by atoms with Crippen molar-refractivity contribution in [3.63, 3.8) is 0 Å². The predicted molar refractivity (Wildman–Crippen MR) is 106 cm³/mol. The molecule has 3 amide bonds. The highest BCUT2D eigenvalue weighted by Crippen LogP contribution is 2.23. The SMILES string of the molecule is CC(C)CON(C)C(=O)c1n[nH]c2c1CN(C(=O)Nc1cccc(Cl)c1)CC2. The van der Waals surface area contributed by atoms with Gasteiger partial charge in [-0.3, -0.25) is 14.7 Å². The number of hydrogen-bond acceptors (Lipinski definition) is 4. The second kappa shape index (κ2) is 8.62. The highest BCUT2D eigenvalue weighted by Gasteiger charge is 2.29. The summed E-state index contributed by atoms with van der Waals surface area (Å²) in [5.74, 6) is -0.0377.